The highest BCUT2D eigenvalue weighted by Crippen LogP contribution is 2.23. The first kappa shape index (κ1) is 14.9. The Morgan fingerprint density at radius 3 is 2.62 bits per heavy atom. The number of ether oxygens (including phenoxy) is 3. The molecular weight excluding hydrogens is 268 g/mol. The predicted molar refractivity (Wildman–Crippen MR) is 79.8 cm³/mol. The summed E-state index contributed by atoms with van der Waals surface area (Å²) in [5, 5.41) is 0. The molecule has 0 saturated heterocycles. The maximum Gasteiger partial charge on any atom is 0.341 e. The predicted octanol–water partition coefficient (Wildman–Crippen LogP) is 3.37. The smallest absolute Gasteiger partial charge is 0.341 e. The summed E-state index contributed by atoms with van der Waals surface area (Å²) in [6.45, 7) is 2.27. The Balaban J connectivity index is 2.17. The fraction of sp³-hybridized carbons (Fsp3) is 0.235. The zero-order valence-electron chi connectivity index (χ0n) is 12.4. The first-order chi connectivity index (χ1) is 10.1. The third-order valence-corrected chi connectivity index (χ3v) is 3.07. The summed E-state index contributed by atoms with van der Waals surface area (Å²) >= 11 is 0. The van der Waals surface area contributed by atoms with E-state index in [1.807, 2.05) is 37.3 Å². The fourth-order valence-corrected chi connectivity index (χ4v) is 1.96. The van der Waals surface area contributed by atoms with Gasteiger partial charge in [0.1, 0.15) is 23.7 Å². The molecule has 0 amide bonds. The van der Waals surface area contributed by atoms with Crippen LogP contribution in [-0.2, 0) is 11.3 Å². The van der Waals surface area contributed by atoms with Gasteiger partial charge in [0.05, 0.1) is 14.2 Å². The lowest BCUT2D eigenvalue weighted by Crippen LogP contribution is -2.06. The molecule has 4 nitrogen and oxygen atoms in total. The van der Waals surface area contributed by atoms with Crippen molar-refractivity contribution in [2.24, 2.45) is 0 Å². The van der Waals surface area contributed by atoms with Crippen molar-refractivity contribution in [1.29, 1.82) is 0 Å². The van der Waals surface area contributed by atoms with Crippen molar-refractivity contribution in [3.8, 4) is 11.5 Å². The summed E-state index contributed by atoms with van der Waals surface area (Å²) in [5.74, 6) is 0.878. The average Bonchev–Trinajstić information content (AvgIpc) is 2.53. The van der Waals surface area contributed by atoms with E-state index in [-0.39, 0.29) is 0 Å². The van der Waals surface area contributed by atoms with Crippen LogP contribution in [0.25, 0.3) is 0 Å². The highest BCUT2D eigenvalue weighted by atomic mass is 16.5. The van der Waals surface area contributed by atoms with E-state index in [1.165, 1.54) is 7.11 Å². The topological polar surface area (TPSA) is 44.8 Å². The van der Waals surface area contributed by atoms with Gasteiger partial charge in [0.15, 0.2) is 0 Å². The molecule has 0 atom stereocenters. The van der Waals surface area contributed by atoms with Crippen molar-refractivity contribution in [3.05, 3.63) is 59.2 Å². The van der Waals surface area contributed by atoms with Crippen LogP contribution in [0.5, 0.6) is 11.5 Å². The lowest BCUT2D eigenvalue weighted by Gasteiger charge is -2.11. The molecule has 0 fully saturated rings. The third kappa shape index (κ3) is 3.75. The molecule has 0 radical (unpaired) electrons. The van der Waals surface area contributed by atoms with Crippen LogP contribution >= 0.6 is 0 Å². The van der Waals surface area contributed by atoms with Crippen LogP contribution in [0.1, 0.15) is 21.5 Å². The van der Waals surface area contributed by atoms with Crippen LogP contribution in [-0.4, -0.2) is 20.2 Å². The zero-order valence-corrected chi connectivity index (χ0v) is 12.4. The van der Waals surface area contributed by atoms with Crippen molar-refractivity contribution in [3.63, 3.8) is 0 Å². The minimum atomic E-state index is -0.403. The van der Waals surface area contributed by atoms with Crippen LogP contribution < -0.4 is 9.47 Å². The van der Waals surface area contributed by atoms with E-state index in [1.54, 1.807) is 19.2 Å². The number of rotatable bonds is 5. The Morgan fingerprint density at radius 1 is 1.10 bits per heavy atom. The van der Waals surface area contributed by atoms with Gasteiger partial charge < -0.3 is 14.2 Å². The first-order valence-electron chi connectivity index (χ1n) is 6.58. The molecule has 21 heavy (non-hydrogen) atoms. The molecule has 2 rings (SSSR count). The molecule has 0 unspecified atom stereocenters. The first-order valence-corrected chi connectivity index (χ1v) is 6.58. The number of hydrogen-bond donors (Lipinski definition) is 0. The summed E-state index contributed by atoms with van der Waals surface area (Å²) in [5.41, 5.74) is 2.37. The second-order valence-corrected chi connectivity index (χ2v) is 4.63. The molecular formula is C17H18O4. The normalized spacial score (nSPS) is 10.0. The Labute approximate surface area is 124 Å². The molecule has 0 spiro atoms. The number of methoxy groups -OCH3 is 2. The van der Waals surface area contributed by atoms with Gasteiger partial charge in [-0.15, -0.1) is 0 Å². The van der Waals surface area contributed by atoms with Crippen molar-refractivity contribution < 1.29 is 19.0 Å². The van der Waals surface area contributed by atoms with Crippen molar-refractivity contribution >= 4 is 5.97 Å². The minimum absolute atomic E-state index is 0.351. The Bertz CT molecular complexity index is 634. The highest BCUT2D eigenvalue weighted by Gasteiger charge is 2.13. The van der Waals surface area contributed by atoms with E-state index < -0.39 is 5.97 Å². The highest BCUT2D eigenvalue weighted by molar-refractivity contribution is 5.92. The summed E-state index contributed by atoms with van der Waals surface area (Å²) < 4.78 is 15.7. The van der Waals surface area contributed by atoms with E-state index >= 15 is 0 Å². The van der Waals surface area contributed by atoms with Gasteiger partial charge >= 0.3 is 5.97 Å². The lowest BCUT2D eigenvalue weighted by molar-refractivity contribution is 0.0595. The van der Waals surface area contributed by atoms with Crippen LogP contribution in [0.2, 0.25) is 0 Å². The molecule has 0 aliphatic rings. The van der Waals surface area contributed by atoms with Crippen molar-refractivity contribution in [2.75, 3.05) is 14.2 Å². The summed E-state index contributed by atoms with van der Waals surface area (Å²) in [6, 6.07) is 13.0. The van der Waals surface area contributed by atoms with Crippen molar-refractivity contribution in [2.45, 2.75) is 13.5 Å². The molecule has 4 heteroatoms. The summed E-state index contributed by atoms with van der Waals surface area (Å²) in [4.78, 5) is 11.8. The van der Waals surface area contributed by atoms with Gasteiger partial charge in [-0.25, -0.2) is 4.79 Å². The SMILES string of the molecule is COC(=O)c1cc(C)ccc1OCc1cccc(OC)c1. The van der Waals surface area contributed by atoms with E-state index in [4.69, 9.17) is 14.2 Å². The van der Waals surface area contributed by atoms with Gasteiger partial charge in [0, 0.05) is 0 Å². The minimum Gasteiger partial charge on any atom is -0.497 e. The largest absolute Gasteiger partial charge is 0.497 e. The standard InChI is InChI=1S/C17H18O4/c1-12-7-8-16(15(9-12)17(18)20-3)21-11-13-5-4-6-14(10-13)19-2/h4-10H,11H2,1-3H3. The maximum atomic E-state index is 11.8. The monoisotopic (exact) mass is 286 g/mol. The van der Waals surface area contributed by atoms with Gasteiger partial charge in [-0.05, 0) is 36.8 Å². The molecule has 0 saturated carbocycles. The number of aryl methyl sites for hydroxylation is 1. The second kappa shape index (κ2) is 6.79. The number of carbonyl (C=O) groups is 1. The van der Waals surface area contributed by atoms with Crippen LogP contribution in [0.15, 0.2) is 42.5 Å². The summed E-state index contributed by atoms with van der Waals surface area (Å²) in [7, 11) is 2.98. The molecule has 0 N–H and O–H groups in total. The molecule has 110 valence electrons. The van der Waals surface area contributed by atoms with Crippen LogP contribution in [0, 0.1) is 6.92 Å². The fourth-order valence-electron chi connectivity index (χ4n) is 1.96. The van der Waals surface area contributed by atoms with Crippen LogP contribution in [0.4, 0.5) is 0 Å². The van der Waals surface area contributed by atoms with Gasteiger partial charge in [-0.1, -0.05) is 23.8 Å². The molecule has 0 bridgehead atoms. The van der Waals surface area contributed by atoms with E-state index in [9.17, 15) is 4.79 Å². The number of hydrogen-bond acceptors (Lipinski definition) is 4. The Hall–Kier alpha value is -2.49. The number of carbonyl (C=O) groups excluding carboxylic acids is 1. The van der Waals surface area contributed by atoms with Gasteiger partial charge in [-0.2, -0.15) is 0 Å². The molecule has 0 aliphatic carbocycles. The van der Waals surface area contributed by atoms with Gasteiger partial charge in [0.25, 0.3) is 0 Å². The Morgan fingerprint density at radius 2 is 1.90 bits per heavy atom. The van der Waals surface area contributed by atoms with Crippen LogP contribution in [0.3, 0.4) is 0 Å². The number of benzene rings is 2. The van der Waals surface area contributed by atoms with E-state index in [0.717, 1.165) is 16.9 Å². The molecule has 0 heterocycles. The van der Waals surface area contributed by atoms with E-state index in [2.05, 4.69) is 0 Å². The second-order valence-electron chi connectivity index (χ2n) is 4.63. The van der Waals surface area contributed by atoms with Gasteiger partial charge in [-0.3, -0.25) is 0 Å². The van der Waals surface area contributed by atoms with Crippen molar-refractivity contribution in [1.82, 2.24) is 0 Å². The van der Waals surface area contributed by atoms with Gasteiger partial charge in [0.2, 0.25) is 0 Å². The lowest BCUT2D eigenvalue weighted by atomic mass is 10.1. The van der Waals surface area contributed by atoms with E-state index in [0.29, 0.717) is 17.9 Å². The number of esters is 1. The molecule has 0 aromatic heterocycles. The quantitative estimate of drug-likeness (QED) is 0.790. The summed E-state index contributed by atoms with van der Waals surface area (Å²) in [6.07, 6.45) is 0. The molecule has 2 aromatic carbocycles. The third-order valence-electron chi connectivity index (χ3n) is 3.07. The maximum absolute atomic E-state index is 11.8. The average molecular weight is 286 g/mol. The molecule has 0 aliphatic heterocycles. The zero-order chi connectivity index (χ0) is 15.2. The molecule has 2 aromatic rings. The Kier molecular flexibility index (Phi) is 4.82.